The maximum atomic E-state index is 13.8. The second-order valence-corrected chi connectivity index (χ2v) is 4.38. The molecule has 3 rings (SSSR count). The third kappa shape index (κ3) is 1.45. The molecule has 2 heterocycles. The van der Waals surface area contributed by atoms with Gasteiger partial charge in [0.1, 0.15) is 5.82 Å². The van der Waals surface area contributed by atoms with Crippen molar-refractivity contribution in [3.05, 3.63) is 23.5 Å². The van der Waals surface area contributed by atoms with E-state index in [1.807, 2.05) is 4.90 Å². The smallest absolute Gasteiger partial charge is 0.228 e. The number of fused-ring (bicyclic) bond motifs is 1. The summed E-state index contributed by atoms with van der Waals surface area (Å²) in [7, 11) is 0. The fourth-order valence-electron chi connectivity index (χ4n) is 2.43. The van der Waals surface area contributed by atoms with Crippen LogP contribution < -0.4 is 10.2 Å². The zero-order valence-electron chi connectivity index (χ0n) is 8.92. The van der Waals surface area contributed by atoms with Crippen molar-refractivity contribution in [2.24, 2.45) is 0 Å². The van der Waals surface area contributed by atoms with Crippen molar-refractivity contribution in [1.29, 1.82) is 0 Å². The van der Waals surface area contributed by atoms with Crippen molar-refractivity contribution in [3.8, 4) is 0 Å². The Morgan fingerprint density at radius 1 is 1.25 bits per heavy atom. The lowest BCUT2D eigenvalue weighted by atomic mass is 10.1. The van der Waals surface area contributed by atoms with Crippen LogP contribution in [0.5, 0.6) is 0 Å². The van der Waals surface area contributed by atoms with Gasteiger partial charge in [-0.25, -0.2) is 4.39 Å². The first-order valence-corrected chi connectivity index (χ1v) is 5.61. The lowest BCUT2D eigenvalue weighted by Gasteiger charge is -2.19. The molecular formula is C12H13FN2O. The number of halogens is 1. The Kier molecular flexibility index (Phi) is 2.09. The highest BCUT2D eigenvalue weighted by molar-refractivity contribution is 5.99. The molecule has 1 fully saturated rings. The van der Waals surface area contributed by atoms with E-state index in [1.165, 1.54) is 6.07 Å². The molecule has 0 spiro atoms. The number of carbonyl (C=O) groups is 1. The van der Waals surface area contributed by atoms with Crippen molar-refractivity contribution >= 4 is 17.3 Å². The molecule has 84 valence electrons. The Bertz CT molecular complexity index is 453. The predicted octanol–water partition coefficient (Wildman–Crippen LogP) is 1.92. The highest BCUT2D eigenvalue weighted by atomic mass is 19.1. The second-order valence-electron chi connectivity index (χ2n) is 4.38. The van der Waals surface area contributed by atoms with Gasteiger partial charge < -0.3 is 10.2 Å². The van der Waals surface area contributed by atoms with Crippen LogP contribution in [0.4, 0.5) is 15.8 Å². The molecule has 2 aliphatic rings. The van der Waals surface area contributed by atoms with E-state index < -0.39 is 0 Å². The van der Waals surface area contributed by atoms with Gasteiger partial charge in [0.25, 0.3) is 0 Å². The maximum Gasteiger partial charge on any atom is 0.228 e. The minimum atomic E-state index is -0.211. The third-order valence-electron chi connectivity index (χ3n) is 3.24. The summed E-state index contributed by atoms with van der Waals surface area (Å²) < 4.78 is 13.8. The standard InChI is InChI=1S/C12H13FN2O/c13-9-5-8-6-12(16)14-10(8)7-11(9)15-3-1-2-4-15/h5,7H,1-4,6H2,(H,14,16). The van der Waals surface area contributed by atoms with Gasteiger partial charge >= 0.3 is 0 Å². The molecule has 1 aromatic carbocycles. The summed E-state index contributed by atoms with van der Waals surface area (Å²) in [6.07, 6.45) is 2.53. The van der Waals surface area contributed by atoms with Crippen LogP contribution in [-0.2, 0) is 11.2 Å². The molecule has 2 aliphatic heterocycles. The van der Waals surface area contributed by atoms with Gasteiger partial charge in [-0.1, -0.05) is 0 Å². The molecule has 1 amide bonds. The summed E-state index contributed by atoms with van der Waals surface area (Å²) in [4.78, 5) is 13.2. The summed E-state index contributed by atoms with van der Waals surface area (Å²) in [6, 6.07) is 3.25. The van der Waals surface area contributed by atoms with Crippen LogP contribution >= 0.6 is 0 Å². The lowest BCUT2D eigenvalue weighted by molar-refractivity contribution is -0.115. The van der Waals surface area contributed by atoms with Gasteiger partial charge in [0.05, 0.1) is 12.1 Å². The molecule has 1 saturated heterocycles. The number of benzene rings is 1. The highest BCUT2D eigenvalue weighted by Crippen LogP contribution is 2.32. The molecule has 0 atom stereocenters. The number of hydrogen-bond acceptors (Lipinski definition) is 2. The van der Waals surface area contributed by atoms with Crippen LogP contribution in [-0.4, -0.2) is 19.0 Å². The Morgan fingerprint density at radius 2 is 2.00 bits per heavy atom. The minimum Gasteiger partial charge on any atom is -0.369 e. The molecule has 1 N–H and O–H groups in total. The monoisotopic (exact) mass is 220 g/mol. The first kappa shape index (κ1) is 9.63. The summed E-state index contributed by atoms with van der Waals surface area (Å²) in [5, 5.41) is 2.76. The fourth-order valence-corrected chi connectivity index (χ4v) is 2.43. The number of nitrogens with zero attached hydrogens (tertiary/aromatic N) is 1. The molecule has 0 saturated carbocycles. The minimum absolute atomic E-state index is 0.0482. The quantitative estimate of drug-likeness (QED) is 0.784. The van der Waals surface area contributed by atoms with Crippen LogP contribution in [0.25, 0.3) is 0 Å². The molecule has 0 aliphatic carbocycles. The van der Waals surface area contributed by atoms with Crippen LogP contribution in [0.1, 0.15) is 18.4 Å². The highest BCUT2D eigenvalue weighted by Gasteiger charge is 2.23. The van der Waals surface area contributed by atoms with Crippen LogP contribution in [0, 0.1) is 5.82 Å². The van der Waals surface area contributed by atoms with E-state index in [0.29, 0.717) is 12.1 Å². The van der Waals surface area contributed by atoms with Gasteiger partial charge in [-0.15, -0.1) is 0 Å². The third-order valence-corrected chi connectivity index (χ3v) is 3.24. The number of hydrogen-bond donors (Lipinski definition) is 1. The fraction of sp³-hybridized carbons (Fsp3) is 0.417. The average molecular weight is 220 g/mol. The number of amides is 1. The molecular weight excluding hydrogens is 207 g/mol. The van der Waals surface area contributed by atoms with Gasteiger partial charge in [0.2, 0.25) is 5.91 Å². The van der Waals surface area contributed by atoms with Crippen LogP contribution in [0.2, 0.25) is 0 Å². The Hall–Kier alpha value is -1.58. The zero-order valence-corrected chi connectivity index (χ0v) is 8.92. The Labute approximate surface area is 93.2 Å². The molecule has 0 radical (unpaired) electrons. The lowest BCUT2D eigenvalue weighted by Crippen LogP contribution is -2.19. The summed E-state index contributed by atoms with van der Waals surface area (Å²) in [6.45, 7) is 1.81. The van der Waals surface area contributed by atoms with E-state index in [4.69, 9.17) is 0 Å². The predicted molar refractivity (Wildman–Crippen MR) is 60.2 cm³/mol. The number of carbonyl (C=O) groups excluding carboxylic acids is 1. The summed E-state index contributed by atoms with van der Waals surface area (Å²) in [5.41, 5.74) is 2.16. The SMILES string of the molecule is O=C1Cc2cc(F)c(N3CCCC3)cc2N1. The van der Waals surface area contributed by atoms with E-state index in [0.717, 1.165) is 37.2 Å². The van der Waals surface area contributed by atoms with Crippen molar-refractivity contribution in [3.63, 3.8) is 0 Å². The molecule has 1 aromatic rings. The van der Waals surface area contributed by atoms with E-state index in [9.17, 15) is 9.18 Å². The first-order chi connectivity index (χ1) is 7.74. The molecule has 0 unspecified atom stereocenters. The molecule has 16 heavy (non-hydrogen) atoms. The Balaban J connectivity index is 2.00. The molecule has 3 nitrogen and oxygen atoms in total. The van der Waals surface area contributed by atoms with E-state index in [2.05, 4.69) is 5.32 Å². The van der Waals surface area contributed by atoms with Gasteiger partial charge in [-0.05, 0) is 30.5 Å². The van der Waals surface area contributed by atoms with E-state index in [-0.39, 0.29) is 11.7 Å². The number of rotatable bonds is 1. The van der Waals surface area contributed by atoms with Gasteiger partial charge in [0.15, 0.2) is 0 Å². The summed E-state index contributed by atoms with van der Waals surface area (Å²) in [5.74, 6) is -0.259. The topological polar surface area (TPSA) is 32.3 Å². The van der Waals surface area contributed by atoms with Crippen molar-refractivity contribution < 1.29 is 9.18 Å². The van der Waals surface area contributed by atoms with Gasteiger partial charge in [-0.2, -0.15) is 0 Å². The van der Waals surface area contributed by atoms with Crippen molar-refractivity contribution in [1.82, 2.24) is 0 Å². The van der Waals surface area contributed by atoms with E-state index >= 15 is 0 Å². The molecule has 0 bridgehead atoms. The molecule has 0 aromatic heterocycles. The maximum absolute atomic E-state index is 13.8. The largest absolute Gasteiger partial charge is 0.369 e. The Morgan fingerprint density at radius 3 is 2.75 bits per heavy atom. The number of anilines is 2. The average Bonchev–Trinajstić information content (AvgIpc) is 2.83. The second kappa shape index (κ2) is 3.47. The van der Waals surface area contributed by atoms with Gasteiger partial charge in [-0.3, -0.25) is 4.79 Å². The van der Waals surface area contributed by atoms with Crippen LogP contribution in [0.3, 0.4) is 0 Å². The number of nitrogens with one attached hydrogen (secondary N) is 1. The van der Waals surface area contributed by atoms with E-state index in [1.54, 1.807) is 6.07 Å². The van der Waals surface area contributed by atoms with Gasteiger partial charge in [0, 0.05) is 18.8 Å². The van der Waals surface area contributed by atoms with Crippen molar-refractivity contribution in [2.75, 3.05) is 23.3 Å². The molecule has 4 heteroatoms. The zero-order chi connectivity index (χ0) is 11.1. The summed E-state index contributed by atoms with van der Waals surface area (Å²) >= 11 is 0. The first-order valence-electron chi connectivity index (χ1n) is 5.61. The van der Waals surface area contributed by atoms with Crippen molar-refractivity contribution in [2.45, 2.75) is 19.3 Å². The van der Waals surface area contributed by atoms with Crippen LogP contribution in [0.15, 0.2) is 12.1 Å². The normalized spacial score (nSPS) is 18.8.